The van der Waals surface area contributed by atoms with Gasteiger partial charge in [-0.15, -0.1) is 0 Å². The molecule has 1 N–H and O–H groups in total. The van der Waals surface area contributed by atoms with Gasteiger partial charge in [0.2, 0.25) is 0 Å². The van der Waals surface area contributed by atoms with Crippen LogP contribution in [0.4, 0.5) is 0 Å². The number of carbonyl (C=O) groups excluding carboxylic acids is 1. The summed E-state index contributed by atoms with van der Waals surface area (Å²) in [6, 6.07) is 7.71. The van der Waals surface area contributed by atoms with Crippen LogP contribution in [-0.2, 0) is 19.6 Å². The van der Waals surface area contributed by atoms with Crippen molar-refractivity contribution in [3.63, 3.8) is 0 Å². The minimum atomic E-state index is -0.142. The van der Waals surface area contributed by atoms with Crippen LogP contribution in [0.3, 0.4) is 0 Å². The first kappa shape index (κ1) is 19.4. The van der Waals surface area contributed by atoms with Crippen LogP contribution >= 0.6 is 0 Å². The lowest BCUT2D eigenvalue weighted by Crippen LogP contribution is -2.27. The molecule has 27 heavy (non-hydrogen) atoms. The summed E-state index contributed by atoms with van der Waals surface area (Å²) >= 11 is 0. The maximum absolute atomic E-state index is 12.5. The van der Waals surface area contributed by atoms with Crippen LogP contribution < -0.4 is 10.1 Å². The number of ether oxygens (including phenoxy) is 1. The Morgan fingerprint density at radius 1 is 1.30 bits per heavy atom. The molecule has 0 radical (unpaired) electrons. The Balaban J connectivity index is 1.65. The lowest BCUT2D eigenvalue weighted by molar-refractivity contribution is 0.0947. The van der Waals surface area contributed by atoms with Crippen molar-refractivity contribution in [1.29, 1.82) is 0 Å². The molecule has 1 aromatic heterocycles. The quantitative estimate of drug-likeness (QED) is 0.849. The monoisotopic (exact) mass is 370 g/mol. The van der Waals surface area contributed by atoms with Crippen molar-refractivity contribution in [3.05, 3.63) is 46.8 Å². The zero-order valence-corrected chi connectivity index (χ0v) is 16.8. The van der Waals surface area contributed by atoms with Crippen molar-refractivity contribution in [1.82, 2.24) is 20.0 Å². The maximum atomic E-state index is 12.5. The number of hydrogen-bond donors (Lipinski definition) is 1. The van der Waals surface area contributed by atoms with E-state index in [1.54, 1.807) is 13.2 Å². The van der Waals surface area contributed by atoms with E-state index in [4.69, 9.17) is 9.84 Å². The van der Waals surface area contributed by atoms with E-state index in [9.17, 15) is 4.79 Å². The summed E-state index contributed by atoms with van der Waals surface area (Å²) in [6.45, 7) is 11.0. The fraction of sp³-hybridized carbons (Fsp3) is 0.524. The Bertz CT molecular complexity index is 797. The van der Waals surface area contributed by atoms with Crippen molar-refractivity contribution in [2.45, 2.75) is 46.8 Å². The molecule has 1 aliphatic rings. The molecule has 0 aliphatic carbocycles. The minimum absolute atomic E-state index is 0.142. The SMILES string of the molecule is COc1cc(C)ccc1C(=O)NCc1cc2n(n1)CCCN(CC(C)C)C2. The van der Waals surface area contributed by atoms with Gasteiger partial charge in [0.15, 0.2) is 0 Å². The number of nitrogens with zero attached hydrogens (tertiary/aromatic N) is 3. The number of nitrogens with one attached hydrogen (secondary N) is 1. The number of aromatic nitrogens is 2. The molecule has 2 aromatic rings. The molecule has 1 amide bonds. The molecule has 1 aliphatic heterocycles. The number of fused-ring (bicyclic) bond motifs is 1. The second-order valence-corrected chi connectivity index (χ2v) is 7.72. The highest BCUT2D eigenvalue weighted by Crippen LogP contribution is 2.20. The van der Waals surface area contributed by atoms with Gasteiger partial charge in [0, 0.05) is 26.2 Å². The van der Waals surface area contributed by atoms with E-state index in [1.807, 2.05) is 19.1 Å². The lowest BCUT2D eigenvalue weighted by atomic mass is 10.1. The molecular weight excluding hydrogens is 340 g/mol. The first-order valence-electron chi connectivity index (χ1n) is 9.67. The number of rotatable bonds is 6. The van der Waals surface area contributed by atoms with Crippen molar-refractivity contribution in [2.24, 2.45) is 5.92 Å². The fourth-order valence-corrected chi connectivity index (χ4v) is 3.60. The van der Waals surface area contributed by atoms with Gasteiger partial charge in [0.25, 0.3) is 5.91 Å². The van der Waals surface area contributed by atoms with Gasteiger partial charge < -0.3 is 10.1 Å². The van der Waals surface area contributed by atoms with E-state index < -0.39 is 0 Å². The number of methoxy groups -OCH3 is 1. The summed E-state index contributed by atoms with van der Waals surface area (Å²) in [5, 5.41) is 7.66. The molecule has 0 spiro atoms. The van der Waals surface area contributed by atoms with Gasteiger partial charge >= 0.3 is 0 Å². The third kappa shape index (κ3) is 4.89. The Hall–Kier alpha value is -2.34. The maximum Gasteiger partial charge on any atom is 0.255 e. The molecule has 146 valence electrons. The van der Waals surface area contributed by atoms with Gasteiger partial charge in [-0.05, 0) is 43.0 Å². The molecule has 6 heteroatoms. The standard InChI is InChI=1S/C21H30N4O2/c1-15(2)13-24-8-5-9-25-18(14-24)11-17(23-25)12-22-21(26)19-7-6-16(3)10-20(19)27-4/h6-7,10-11,15H,5,8-9,12-14H2,1-4H3,(H,22,26). The van der Waals surface area contributed by atoms with Crippen molar-refractivity contribution < 1.29 is 9.53 Å². The Labute approximate surface area is 161 Å². The number of amides is 1. The molecule has 2 heterocycles. The van der Waals surface area contributed by atoms with E-state index in [1.165, 1.54) is 5.69 Å². The summed E-state index contributed by atoms with van der Waals surface area (Å²) in [6.07, 6.45) is 1.10. The highest BCUT2D eigenvalue weighted by atomic mass is 16.5. The minimum Gasteiger partial charge on any atom is -0.496 e. The first-order valence-corrected chi connectivity index (χ1v) is 9.67. The van der Waals surface area contributed by atoms with E-state index in [0.717, 1.165) is 43.9 Å². The summed E-state index contributed by atoms with van der Waals surface area (Å²) in [5.41, 5.74) is 3.74. The van der Waals surface area contributed by atoms with Crippen LogP contribution in [0.1, 0.15) is 47.6 Å². The molecule has 0 atom stereocenters. The predicted molar refractivity (Wildman–Crippen MR) is 106 cm³/mol. The summed E-state index contributed by atoms with van der Waals surface area (Å²) in [5.74, 6) is 1.11. The molecule has 6 nitrogen and oxygen atoms in total. The van der Waals surface area contributed by atoms with Crippen LogP contribution in [0, 0.1) is 12.8 Å². The molecule has 0 unspecified atom stereocenters. The summed E-state index contributed by atoms with van der Waals surface area (Å²) < 4.78 is 7.43. The van der Waals surface area contributed by atoms with Gasteiger partial charge in [-0.25, -0.2) is 0 Å². The van der Waals surface area contributed by atoms with Gasteiger partial charge in [-0.1, -0.05) is 19.9 Å². The zero-order valence-electron chi connectivity index (χ0n) is 16.8. The van der Waals surface area contributed by atoms with Gasteiger partial charge in [-0.2, -0.15) is 5.10 Å². The summed E-state index contributed by atoms with van der Waals surface area (Å²) in [4.78, 5) is 15.0. The summed E-state index contributed by atoms with van der Waals surface area (Å²) in [7, 11) is 1.58. The second-order valence-electron chi connectivity index (χ2n) is 7.72. The molecule has 0 bridgehead atoms. The van der Waals surface area contributed by atoms with E-state index in [-0.39, 0.29) is 5.91 Å². The smallest absolute Gasteiger partial charge is 0.255 e. The third-order valence-electron chi connectivity index (χ3n) is 4.80. The Morgan fingerprint density at radius 3 is 2.85 bits per heavy atom. The van der Waals surface area contributed by atoms with E-state index in [2.05, 4.69) is 34.8 Å². The molecule has 3 rings (SSSR count). The largest absolute Gasteiger partial charge is 0.496 e. The molecular formula is C21H30N4O2. The highest BCUT2D eigenvalue weighted by Gasteiger charge is 2.18. The van der Waals surface area contributed by atoms with Crippen molar-refractivity contribution in [2.75, 3.05) is 20.2 Å². The molecule has 1 aromatic carbocycles. The van der Waals surface area contributed by atoms with Crippen LogP contribution in [-0.4, -0.2) is 40.8 Å². The lowest BCUT2D eigenvalue weighted by Gasteiger charge is -2.21. The van der Waals surface area contributed by atoms with E-state index in [0.29, 0.717) is 23.8 Å². The Kier molecular flexibility index (Phi) is 6.16. The van der Waals surface area contributed by atoms with Crippen LogP contribution in [0.2, 0.25) is 0 Å². The molecule has 0 saturated heterocycles. The second kappa shape index (κ2) is 8.57. The molecule has 0 saturated carbocycles. The first-order chi connectivity index (χ1) is 13.0. The number of hydrogen-bond acceptors (Lipinski definition) is 4. The van der Waals surface area contributed by atoms with Crippen LogP contribution in [0.15, 0.2) is 24.3 Å². The van der Waals surface area contributed by atoms with Gasteiger partial charge in [0.05, 0.1) is 30.6 Å². The van der Waals surface area contributed by atoms with Crippen LogP contribution in [0.25, 0.3) is 0 Å². The number of benzene rings is 1. The average molecular weight is 370 g/mol. The van der Waals surface area contributed by atoms with Gasteiger partial charge in [-0.3, -0.25) is 14.4 Å². The Morgan fingerprint density at radius 2 is 2.11 bits per heavy atom. The van der Waals surface area contributed by atoms with Crippen molar-refractivity contribution in [3.8, 4) is 5.75 Å². The predicted octanol–water partition coefficient (Wildman–Crippen LogP) is 2.99. The normalized spacial score (nSPS) is 14.7. The molecule has 0 fully saturated rings. The third-order valence-corrected chi connectivity index (χ3v) is 4.80. The highest BCUT2D eigenvalue weighted by molar-refractivity contribution is 5.96. The van der Waals surface area contributed by atoms with E-state index >= 15 is 0 Å². The van der Waals surface area contributed by atoms with Gasteiger partial charge in [0.1, 0.15) is 5.75 Å². The topological polar surface area (TPSA) is 59.4 Å². The van der Waals surface area contributed by atoms with Crippen molar-refractivity contribution >= 4 is 5.91 Å². The fourth-order valence-electron chi connectivity index (χ4n) is 3.60. The zero-order chi connectivity index (χ0) is 19.4. The number of aryl methyl sites for hydroxylation is 2. The average Bonchev–Trinajstić information content (AvgIpc) is 2.91. The number of carbonyl (C=O) groups is 1. The van der Waals surface area contributed by atoms with Crippen LogP contribution in [0.5, 0.6) is 5.75 Å².